The Kier molecular flexibility index (Phi) is 7.45. The number of amides is 1. The number of benzene rings is 2. The molecule has 0 saturated carbocycles. The van der Waals surface area contributed by atoms with Crippen molar-refractivity contribution >= 4 is 5.91 Å². The van der Waals surface area contributed by atoms with Gasteiger partial charge in [0, 0.05) is 39.0 Å². The summed E-state index contributed by atoms with van der Waals surface area (Å²) >= 11 is 0. The molecule has 28 heavy (non-hydrogen) atoms. The van der Waals surface area contributed by atoms with Crippen LogP contribution in [0.3, 0.4) is 0 Å². The summed E-state index contributed by atoms with van der Waals surface area (Å²) in [7, 11) is 0. The van der Waals surface area contributed by atoms with Gasteiger partial charge < -0.3 is 15.0 Å². The van der Waals surface area contributed by atoms with Crippen LogP contribution in [0.5, 0.6) is 5.75 Å². The van der Waals surface area contributed by atoms with Crippen LogP contribution >= 0.6 is 0 Å². The second-order valence-corrected chi connectivity index (χ2v) is 7.10. The molecule has 2 aromatic rings. The molecule has 0 atom stereocenters. The molecule has 1 aliphatic heterocycles. The van der Waals surface area contributed by atoms with Crippen molar-refractivity contribution in [1.29, 1.82) is 5.26 Å². The molecule has 1 saturated heterocycles. The minimum atomic E-state index is 0.266. The van der Waals surface area contributed by atoms with E-state index in [0.29, 0.717) is 26.0 Å². The predicted octanol–water partition coefficient (Wildman–Crippen LogP) is 3.78. The summed E-state index contributed by atoms with van der Waals surface area (Å²) in [6, 6.07) is 18.6. The largest absolute Gasteiger partial charge is 0.494 e. The molecule has 0 aromatic heterocycles. The summed E-state index contributed by atoms with van der Waals surface area (Å²) < 4.78 is 5.68. The third-order valence-electron chi connectivity index (χ3n) is 4.83. The molecule has 0 spiro atoms. The third kappa shape index (κ3) is 6.11. The first-order chi connectivity index (χ1) is 13.7. The fourth-order valence-corrected chi connectivity index (χ4v) is 3.29. The van der Waals surface area contributed by atoms with Gasteiger partial charge in [-0.2, -0.15) is 5.26 Å². The number of carbonyl (C=O) groups excluding carboxylic acids is 1. The monoisotopic (exact) mass is 377 g/mol. The van der Waals surface area contributed by atoms with Crippen LogP contribution in [0.4, 0.5) is 0 Å². The van der Waals surface area contributed by atoms with E-state index in [1.54, 1.807) is 0 Å². The first kappa shape index (κ1) is 19.9. The maximum Gasteiger partial charge on any atom is 0.222 e. The molecule has 1 heterocycles. The second kappa shape index (κ2) is 10.5. The maximum absolute atomic E-state index is 11.7. The van der Waals surface area contributed by atoms with E-state index in [-0.39, 0.29) is 5.91 Å². The molecule has 5 heteroatoms. The summed E-state index contributed by atoms with van der Waals surface area (Å²) in [6.07, 6.45) is 2.94. The Morgan fingerprint density at radius 3 is 2.61 bits per heavy atom. The van der Waals surface area contributed by atoms with Crippen molar-refractivity contribution in [2.75, 3.05) is 13.2 Å². The maximum atomic E-state index is 11.7. The second-order valence-electron chi connectivity index (χ2n) is 7.10. The number of hydrogen-bond acceptors (Lipinski definition) is 4. The van der Waals surface area contributed by atoms with Crippen molar-refractivity contribution in [3.8, 4) is 11.8 Å². The van der Waals surface area contributed by atoms with E-state index in [9.17, 15) is 4.79 Å². The van der Waals surface area contributed by atoms with Crippen LogP contribution in [0, 0.1) is 11.3 Å². The van der Waals surface area contributed by atoms with Crippen LogP contribution in [0.25, 0.3) is 0 Å². The van der Waals surface area contributed by atoms with Gasteiger partial charge >= 0.3 is 0 Å². The van der Waals surface area contributed by atoms with E-state index >= 15 is 0 Å². The molecular weight excluding hydrogens is 350 g/mol. The molecular formula is C23H27N3O2. The van der Waals surface area contributed by atoms with Crippen LogP contribution < -0.4 is 10.1 Å². The lowest BCUT2D eigenvalue weighted by atomic mass is 10.1. The van der Waals surface area contributed by atoms with Gasteiger partial charge in [0.25, 0.3) is 0 Å². The van der Waals surface area contributed by atoms with E-state index in [0.717, 1.165) is 38.2 Å². The molecule has 5 nitrogen and oxygen atoms in total. The lowest BCUT2D eigenvalue weighted by Crippen LogP contribution is -2.23. The number of ether oxygens (including phenoxy) is 1. The van der Waals surface area contributed by atoms with Gasteiger partial charge in [-0.15, -0.1) is 0 Å². The molecule has 0 aliphatic carbocycles. The van der Waals surface area contributed by atoms with Crippen molar-refractivity contribution in [3.63, 3.8) is 0 Å². The lowest BCUT2D eigenvalue weighted by molar-refractivity contribution is -0.128. The molecule has 3 rings (SSSR count). The molecule has 1 fully saturated rings. The highest BCUT2D eigenvalue weighted by Crippen LogP contribution is 2.16. The summed E-state index contributed by atoms with van der Waals surface area (Å²) in [5.41, 5.74) is 3.57. The fraction of sp³-hybridized carbons (Fsp3) is 0.391. The Hall–Kier alpha value is -2.84. The van der Waals surface area contributed by atoms with Crippen LogP contribution in [0.15, 0.2) is 48.5 Å². The Morgan fingerprint density at radius 2 is 1.86 bits per heavy atom. The first-order valence-corrected chi connectivity index (χ1v) is 9.89. The van der Waals surface area contributed by atoms with Gasteiger partial charge in [0.15, 0.2) is 0 Å². The Morgan fingerprint density at radius 1 is 1.07 bits per heavy atom. The van der Waals surface area contributed by atoms with Crippen molar-refractivity contribution < 1.29 is 9.53 Å². The number of carbonyl (C=O) groups is 1. The van der Waals surface area contributed by atoms with E-state index in [4.69, 9.17) is 10.00 Å². The van der Waals surface area contributed by atoms with Gasteiger partial charge in [-0.25, -0.2) is 0 Å². The highest BCUT2D eigenvalue weighted by molar-refractivity contribution is 5.78. The molecule has 2 aromatic carbocycles. The average Bonchev–Trinajstić information content (AvgIpc) is 3.11. The van der Waals surface area contributed by atoms with E-state index in [1.807, 2.05) is 23.1 Å². The zero-order valence-corrected chi connectivity index (χ0v) is 16.2. The molecule has 146 valence electrons. The number of rotatable bonds is 10. The van der Waals surface area contributed by atoms with Crippen molar-refractivity contribution in [2.24, 2.45) is 0 Å². The highest BCUT2D eigenvalue weighted by atomic mass is 16.5. The summed E-state index contributed by atoms with van der Waals surface area (Å²) in [6.45, 7) is 3.71. The van der Waals surface area contributed by atoms with Crippen molar-refractivity contribution in [2.45, 2.75) is 45.3 Å². The van der Waals surface area contributed by atoms with Crippen LogP contribution in [-0.2, 0) is 24.4 Å². The van der Waals surface area contributed by atoms with Gasteiger partial charge in [-0.05, 0) is 41.7 Å². The van der Waals surface area contributed by atoms with Gasteiger partial charge in [0.1, 0.15) is 5.75 Å². The minimum Gasteiger partial charge on any atom is -0.494 e. The summed E-state index contributed by atoms with van der Waals surface area (Å²) in [5.74, 6) is 1.11. The smallest absolute Gasteiger partial charge is 0.222 e. The van der Waals surface area contributed by atoms with Crippen LogP contribution in [0.2, 0.25) is 0 Å². The van der Waals surface area contributed by atoms with Crippen LogP contribution in [0.1, 0.15) is 42.4 Å². The molecule has 1 aliphatic rings. The topological polar surface area (TPSA) is 65.4 Å². The zero-order valence-electron chi connectivity index (χ0n) is 16.2. The van der Waals surface area contributed by atoms with Gasteiger partial charge in [-0.1, -0.05) is 36.4 Å². The molecule has 0 radical (unpaired) electrons. The minimum absolute atomic E-state index is 0.266. The normalized spacial score (nSPS) is 13.5. The molecule has 0 unspecified atom stereocenters. The standard InChI is InChI=1S/C23H27N3O2/c24-12-1-2-14-28-22-6-3-5-21(15-22)17-25-16-19-8-10-20(11-9-19)18-26-13-4-7-23(26)27/h3,5-6,8-11,15,25H,1-2,4,7,13-14,16-18H2. The third-order valence-corrected chi connectivity index (χ3v) is 4.83. The van der Waals surface area contributed by atoms with E-state index < -0.39 is 0 Å². The summed E-state index contributed by atoms with van der Waals surface area (Å²) in [5, 5.41) is 12.0. The van der Waals surface area contributed by atoms with Gasteiger partial charge in [0.05, 0.1) is 12.7 Å². The Bertz CT molecular complexity index is 811. The number of unbranched alkanes of at least 4 members (excludes halogenated alkanes) is 1. The number of likely N-dealkylation sites (tertiary alicyclic amines) is 1. The first-order valence-electron chi connectivity index (χ1n) is 9.89. The predicted molar refractivity (Wildman–Crippen MR) is 108 cm³/mol. The molecule has 1 amide bonds. The van der Waals surface area contributed by atoms with Gasteiger partial charge in [0.2, 0.25) is 5.91 Å². The SMILES string of the molecule is N#CCCCOc1cccc(CNCc2ccc(CN3CCCC3=O)cc2)c1. The van der Waals surface area contributed by atoms with E-state index in [2.05, 4.69) is 41.7 Å². The summed E-state index contributed by atoms with van der Waals surface area (Å²) in [4.78, 5) is 13.7. The highest BCUT2D eigenvalue weighted by Gasteiger charge is 2.19. The van der Waals surface area contributed by atoms with Crippen molar-refractivity contribution in [3.05, 3.63) is 65.2 Å². The van der Waals surface area contributed by atoms with Crippen LogP contribution in [-0.4, -0.2) is 24.0 Å². The number of nitriles is 1. The lowest BCUT2D eigenvalue weighted by Gasteiger charge is -2.15. The molecule has 0 bridgehead atoms. The number of nitrogens with one attached hydrogen (secondary N) is 1. The van der Waals surface area contributed by atoms with E-state index in [1.165, 1.54) is 16.7 Å². The number of hydrogen-bond donors (Lipinski definition) is 1. The average molecular weight is 377 g/mol. The zero-order chi connectivity index (χ0) is 19.6. The Labute approximate surface area is 166 Å². The van der Waals surface area contributed by atoms with Crippen molar-refractivity contribution in [1.82, 2.24) is 10.2 Å². The number of nitrogens with zero attached hydrogens (tertiary/aromatic N) is 2. The fourth-order valence-electron chi connectivity index (χ4n) is 3.29. The molecule has 1 N–H and O–H groups in total. The quantitative estimate of drug-likeness (QED) is 0.640. The van der Waals surface area contributed by atoms with Gasteiger partial charge in [-0.3, -0.25) is 4.79 Å². The Balaban J connectivity index is 1.42.